The molecule has 0 aliphatic carbocycles. The second-order valence-electron chi connectivity index (χ2n) is 13.1. The number of aromatic nitrogens is 2. The van der Waals surface area contributed by atoms with Crippen molar-refractivity contribution in [2.75, 3.05) is 20.0 Å². The average Bonchev–Trinajstić information content (AvgIpc) is 3.37. The number of halogens is 1. The van der Waals surface area contributed by atoms with Crippen molar-refractivity contribution in [2.45, 2.75) is 73.0 Å². The van der Waals surface area contributed by atoms with E-state index in [9.17, 15) is 0 Å². The SMILES string of the molecule is CCc1cc(OCOCC[Si](C)(C)C)c(F)cc1-c1ccc2cnn(COCCC(C)(C)C(C)=Cc3ccccc3)c2c1. The summed E-state index contributed by atoms with van der Waals surface area (Å²) in [5.41, 5.74) is 6.29. The maximum atomic E-state index is 15.1. The molecule has 5 nitrogen and oxygen atoms in total. The Labute approximate surface area is 257 Å². The molecule has 0 amide bonds. The average molecular weight is 603 g/mol. The van der Waals surface area contributed by atoms with E-state index in [1.807, 2.05) is 29.1 Å². The summed E-state index contributed by atoms with van der Waals surface area (Å²) >= 11 is 0. The van der Waals surface area contributed by atoms with Crippen LogP contribution >= 0.6 is 0 Å². The van der Waals surface area contributed by atoms with Gasteiger partial charge in [-0.2, -0.15) is 5.10 Å². The molecule has 0 bridgehead atoms. The summed E-state index contributed by atoms with van der Waals surface area (Å²) in [4.78, 5) is 0. The van der Waals surface area contributed by atoms with Gasteiger partial charge in [0.25, 0.3) is 0 Å². The van der Waals surface area contributed by atoms with Gasteiger partial charge in [0, 0.05) is 26.7 Å². The second-order valence-corrected chi connectivity index (χ2v) is 18.7. The molecule has 0 fully saturated rings. The van der Waals surface area contributed by atoms with E-state index < -0.39 is 13.9 Å². The van der Waals surface area contributed by atoms with Crippen molar-refractivity contribution in [2.24, 2.45) is 5.41 Å². The predicted octanol–water partition coefficient (Wildman–Crippen LogP) is 9.59. The van der Waals surface area contributed by atoms with Crippen LogP contribution in [-0.2, 0) is 22.6 Å². The topological polar surface area (TPSA) is 45.5 Å². The van der Waals surface area contributed by atoms with Gasteiger partial charge in [0.15, 0.2) is 18.4 Å². The van der Waals surface area contributed by atoms with Crippen molar-refractivity contribution in [3.05, 3.63) is 89.4 Å². The van der Waals surface area contributed by atoms with Gasteiger partial charge in [-0.1, -0.05) is 94.5 Å². The summed E-state index contributed by atoms with van der Waals surface area (Å²) in [7, 11) is -1.18. The Bertz CT molecular complexity index is 1520. The highest BCUT2D eigenvalue weighted by atomic mass is 28.3. The highest BCUT2D eigenvalue weighted by molar-refractivity contribution is 6.76. The molecular formula is C36H47FN2O3Si. The number of hydrogen-bond acceptors (Lipinski definition) is 4. The van der Waals surface area contributed by atoms with E-state index >= 15 is 4.39 Å². The van der Waals surface area contributed by atoms with Gasteiger partial charge in [-0.25, -0.2) is 9.07 Å². The van der Waals surface area contributed by atoms with Crippen LogP contribution in [0.4, 0.5) is 4.39 Å². The molecule has 4 rings (SSSR count). The van der Waals surface area contributed by atoms with Gasteiger partial charge in [0.05, 0.1) is 11.7 Å². The van der Waals surface area contributed by atoms with Crippen LogP contribution in [0.3, 0.4) is 0 Å². The molecule has 0 N–H and O–H groups in total. The molecule has 0 radical (unpaired) electrons. The lowest BCUT2D eigenvalue weighted by atomic mass is 9.81. The van der Waals surface area contributed by atoms with E-state index in [4.69, 9.17) is 14.2 Å². The minimum atomic E-state index is -1.18. The van der Waals surface area contributed by atoms with Crippen LogP contribution in [-0.4, -0.2) is 37.9 Å². The van der Waals surface area contributed by atoms with E-state index in [1.54, 1.807) is 12.1 Å². The summed E-state index contributed by atoms with van der Waals surface area (Å²) in [5.74, 6) is -0.165. The Kier molecular flexibility index (Phi) is 11.0. The zero-order chi connectivity index (χ0) is 31.0. The highest BCUT2D eigenvalue weighted by Crippen LogP contribution is 2.33. The van der Waals surface area contributed by atoms with Gasteiger partial charge >= 0.3 is 0 Å². The predicted molar refractivity (Wildman–Crippen MR) is 179 cm³/mol. The van der Waals surface area contributed by atoms with Crippen LogP contribution in [0.15, 0.2) is 72.4 Å². The van der Waals surface area contributed by atoms with Gasteiger partial charge in [-0.15, -0.1) is 0 Å². The molecule has 0 aliphatic rings. The molecule has 4 aromatic rings. The first-order valence-corrected chi connectivity index (χ1v) is 19.0. The molecule has 230 valence electrons. The number of allylic oxidation sites excluding steroid dienone is 1. The molecule has 7 heteroatoms. The molecular weight excluding hydrogens is 555 g/mol. The maximum absolute atomic E-state index is 15.1. The van der Waals surface area contributed by atoms with Crippen molar-refractivity contribution in [3.8, 4) is 16.9 Å². The minimum absolute atomic E-state index is 0.00575. The number of aryl methyl sites for hydroxylation is 1. The molecule has 0 unspecified atom stereocenters. The molecule has 0 saturated heterocycles. The third kappa shape index (κ3) is 9.11. The van der Waals surface area contributed by atoms with Crippen molar-refractivity contribution >= 4 is 25.1 Å². The largest absolute Gasteiger partial charge is 0.464 e. The van der Waals surface area contributed by atoms with E-state index in [0.717, 1.165) is 46.5 Å². The van der Waals surface area contributed by atoms with E-state index in [1.165, 1.54) is 11.1 Å². The van der Waals surface area contributed by atoms with Gasteiger partial charge in [0.1, 0.15) is 6.73 Å². The number of hydrogen-bond donors (Lipinski definition) is 0. The number of nitrogens with zero attached hydrogens (tertiary/aromatic N) is 2. The van der Waals surface area contributed by atoms with Crippen molar-refractivity contribution in [1.82, 2.24) is 9.78 Å². The third-order valence-electron chi connectivity index (χ3n) is 8.12. The van der Waals surface area contributed by atoms with Crippen LogP contribution in [0.2, 0.25) is 25.7 Å². The third-order valence-corrected chi connectivity index (χ3v) is 9.83. The second kappa shape index (κ2) is 14.5. The normalized spacial score (nSPS) is 12.7. The van der Waals surface area contributed by atoms with Crippen LogP contribution in [0.25, 0.3) is 28.1 Å². The fourth-order valence-corrected chi connectivity index (χ4v) is 5.58. The Balaban J connectivity index is 1.41. The fraction of sp³-hybridized carbons (Fsp3) is 0.417. The summed E-state index contributed by atoms with van der Waals surface area (Å²) in [6, 6.07) is 20.9. The van der Waals surface area contributed by atoms with Crippen LogP contribution < -0.4 is 4.74 Å². The van der Waals surface area contributed by atoms with E-state index in [-0.39, 0.29) is 18.0 Å². The quantitative estimate of drug-likeness (QED) is 0.0772. The van der Waals surface area contributed by atoms with E-state index in [0.29, 0.717) is 19.9 Å². The molecule has 0 aliphatic heterocycles. The van der Waals surface area contributed by atoms with Crippen LogP contribution in [0.5, 0.6) is 5.75 Å². The van der Waals surface area contributed by atoms with Gasteiger partial charge in [-0.3, -0.25) is 0 Å². The fourth-order valence-electron chi connectivity index (χ4n) is 4.82. The van der Waals surface area contributed by atoms with Crippen molar-refractivity contribution in [3.63, 3.8) is 0 Å². The maximum Gasteiger partial charge on any atom is 0.189 e. The zero-order valence-electron chi connectivity index (χ0n) is 26.9. The molecule has 0 atom stereocenters. The summed E-state index contributed by atoms with van der Waals surface area (Å²) in [5, 5.41) is 5.58. The number of fused-ring (bicyclic) bond motifs is 1. The minimum Gasteiger partial charge on any atom is -0.464 e. The Morgan fingerprint density at radius 1 is 1.00 bits per heavy atom. The summed E-state index contributed by atoms with van der Waals surface area (Å²) in [6.45, 7) is 17.3. The molecule has 1 aromatic heterocycles. The monoisotopic (exact) mass is 602 g/mol. The van der Waals surface area contributed by atoms with Crippen molar-refractivity contribution in [1.29, 1.82) is 0 Å². The first kappa shape index (κ1) is 32.6. The lowest BCUT2D eigenvalue weighted by molar-refractivity contribution is 0.0197. The van der Waals surface area contributed by atoms with Gasteiger partial charge < -0.3 is 14.2 Å². The van der Waals surface area contributed by atoms with E-state index in [2.05, 4.69) is 88.8 Å². The smallest absolute Gasteiger partial charge is 0.189 e. The molecule has 3 aromatic carbocycles. The Hall–Kier alpha value is -3.26. The highest BCUT2D eigenvalue weighted by Gasteiger charge is 2.20. The first-order valence-electron chi connectivity index (χ1n) is 15.3. The Morgan fingerprint density at radius 2 is 1.77 bits per heavy atom. The van der Waals surface area contributed by atoms with Crippen LogP contribution in [0.1, 0.15) is 45.2 Å². The molecule has 0 spiro atoms. The van der Waals surface area contributed by atoms with Crippen LogP contribution in [0, 0.1) is 11.2 Å². The molecule has 43 heavy (non-hydrogen) atoms. The lowest BCUT2D eigenvalue weighted by Gasteiger charge is -2.26. The van der Waals surface area contributed by atoms with Gasteiger partial charge in [0.2, 0.25) is 0 Å². The molecule has 1 heterocycles. The summed E-state index contributed by atoms with van der Waals surface area (Å²) < 4.78 is 34.4. The van der Waals surface area contributed by atoms with Crippen molar-refractivity contribution < 1.29 is 18.6 Å². The Morgan fingerprint density at radius 3 is 2.49 bits per heavy atom. The zero-order valence-corrected chi connectivity index (χ0v) is 27.9. The number of rotatable bonds is 15. The number of ether oxygens (including phenoxy) is 3. The lowest BCUT2D eigenvalue weighted by Crippen LogP contribution is -2.22. The number of benzene rings is 3. The standard InChI is InChI=1S/C36H47FN2O3Si/c1-8-29-22-35(42-26-41-18-19-43(5,6)7)33(37)23-32(29)30-14-15-31-24-38-39(34(31)21-30)25-40-17-16-36(3,4)27(2)20-28-12-10-9-11-13-28/h9-15,20-24H,8,16-19,25-26H2,1-7H3. The summed E-state index contributed by atoms with van der Waals surface area (Å²) in [6.07, 6.45) is 5.73. The molecule has 0 saturated carbocycles. The first-order chi connectivity index (χ1) is 20.5. The van der Waals surface area contributed by atoms with Gasteiger partial charge in [-0.05, 0) is 71.7 Å².